The van der Waals surface area contributed by atoms with Crippen molar-refractivity contribution in [1.82, 2.24) is 9.88 Å². The number of aromatic nitrogens is 1. The zero-order valence-electron chi connectivity index (χ0n) is 13.7. The number of benzene rings is 2. The number of hydrogen-bond donors (Lipinski definition) is 2. The maximum atomic E-state index is 12.6. The number of nitrogens with one attached hydrogen (secondary N) is 2. The molecule has 0 spiro atoms. The average molecular weight is 333 g/mol. The molecule has 0 saturated carbocycles. The molecule has 0 radical (unpaired) electrons. The predicted octanol–water partition coefficient (Wildman–Crippen LogP) is 3.30. The average Bonchev–Trinajstić information content (AvgIpc) is 3.21. The molecule has 2 N–H and O–H groups in total. The summed E-state index contributed by atoms with van der Waals surface area (Å²) in [6, 6.07) is 16.9. The second kappa shape index (κ2) is 6.43. The van der Waals surface area contributed by atoms with Crippen molar-refractivity contribution in [2.75, 3.05) is 5.32 Å². The van der Waals surface area contributed by atoms with Crippen LogP contribution in [-0.2, 0) is 16.1 Å². The summed E-state index contributed by atoms with van der Waals surface area (Å²) in [7, 11) is 0. The third kappa shape index (κ3) is 3.01. The first-order valence-electron chi connectivity index (χ1n) is 8.43. The van der Waals surface area contributed by atoms with Crippen LogP contribution in [0.25, 0.3) is 10.9 Å². The summed E-state index contributed by atoms with van der Waals surface area (Å²) in [6.07, 6.45) is 2.89. The van der Waals surface area contributed by atoms with Crippen LogP contribution in [0.1, 0.15) is 18.4 Å². The monoisotopic (exact) mass is 333 g/mol. The van der Waals surface area contributed by atoms with E-state index in [0.29, 0.717) is 19.4 Å². The first kappa shape index (κ1) is 15.4. The Hall–Kier alpha value is -3.08. The number of hydrogen-bond acceptors (Lipinski definition) is 2. The van der Waals surface area contributed by atoms with Crippen LogP contribution in [-0.4, -0.2) is 27.7 Å². The van der Waals surface area contributed by atoms with Crippen LogP contribution in [0.4, 0.5) is 5.69 Å². The van der Waals surface area contributed by atoms with Gasteiger partial charge >= 0.3 is 0 Å². The third-order valence-corrected chi connectivity index (χ3v) is 4.69. The Bertz CT molecular complexity index is 917. The number of carbonyl (C=O) groups is 2. The van der Waals surface area contributed by atoms with Crippen LogP contribution in [0.5, 0.6) is 0 Å². The third-order valence-electron chi connectivity index (χ3n) is 4.69. The highest BCUT2D eigenvalue weighted by Gasteiger charge is 2.36. The van der Waals surface area contributed by atoms with Crippen LogP contribution < -0.4 is 5.32 Å². The molecule has 1 fully saturated rings. The van der Waals surface area contributed by atoms with E-state index in [1.54, 1.807) is 4.90 Å². The Labute approximate surface area is 145 Å². The van der Waals surface area contributed by atoms with Crippen molar-refractivity contribution in [2.45, 2.75) is 25.4 Å². The van der Waals surface area contributed by atoms with Crippen molar-refractivity contribution >= 4 is 28.4 Å². The van der Waals surface area contributed by atoms with Gasteiger partial charge in [-0.2, -0.15) is 0 Å². The van der Waals surface area contributed by atoms with Crippen LogP contribution >= 0.6 is 0 Å². The Kier molecular flexibility index (Phi) is 3.98. The number of rotatable bonds is 4. The molecule has 1 atom stereocenters. The van der Waals surface area contributed by atoms with Crippen molar-refractivity contribution in [2.24, 2.45) is 0 Å². The zero-order valence-corrected chi connectivity index (χ0v) is 13.7. The van der Waals surface area contributed by atoms with Gasteiger partial charge in [-0.05, 0) is 30.2 Å². The SMILES string of the molecule is O=C(Nc1ccccc1)C1CCC(=O)N1Cc1c[nH]c2ccccc12. The smallest absolute Gasteiger partial charge is 0.247 e. The van der Waals surface area contributed by atoms with Crippen LogP contribution in [0.3, 0.4) is 0 Å². The van der Waals surface area contributed by atoms with Crippen molar-refractivity contribution in [1.29, 1.82) is 0 Å². The van der Waals surface area contributed by atoms with E-state index in [0.717, 1.165) is 22.2 Å². The van der Waals surface area contributed by atoms with Gasteiger partial charge < -0.3 is 15.2 Å². The molecule has 2 amide bonds. The molecule has 2 aromatic carbocycles. The molecule has 1 aromatic heterocycles. The van der Waals surface area contributed by atoms with Gasteiger partial charge in [-0.3, -0.25) is 9.59 Å². The number of likely N-dealkylation sites (tertiary alicyclic amines) is 1. The van der Waals surface area contributed by atoms with E-state index in [1.807, 2.05) is 60.8 Å². The molecular weight excluding hydrogens is 314 g/mol. The summed E-state index contributed by atoms with van der Waals surface area (Å²) >= 11 is 0. The molecule has 1 saturated heterocycles. The van der Waals surface area contributed by atoms with E-state index >= 15 is 0 Å². The van der Waals surface area contributed by atoms with E-state index in [9.17, 15) is 9.59 Å². The topological polar surface area (TPSA) is 65.2 Å². The summed E-state index contributed by atoms with van der Waals surface area (Å²) in [4.78, 5) is 29.9. The van der Waals surface area contributed by atoms with Crippen molar-refractivity contribution in [3.63, 3.8) is 0 Å². The lowest BCUT2D eigenvalue weighted by Crippen LogP contribution is -2.41. The number of aromatic amines is 1. The van der Waals surface area contributed by atoms with E-state index in [1.165, 1.54) is 0 Å². The molecule has 4 rings (SSSR count). The number of nitrogens with zero attached hydrogens (tertiary/aromatic N) is 1. The van der Waals surface area contributed by atoms with Crippen LogP contribution in [0.15, 0.2) is 60.8 Å². The van der Waals surface area contributed by atoms with Crippen molar-refractivity contribution in [3.8, 4) is 0 Å². The van der Waals surface area contributed by atoms with Gasteiger partial charge in [0.15, 0.2) is 0 Å². The quantitative estimate of drug-likeness (QED) is 0.769. The minimum absolute atomic E-state index is 0.0264. The zero-order chi connectivity index (χ0) is 17.2. The van der Waals surface area contributed by atoms with Crippen molar-refractivity contribution < 1.29 is 9.59 Å². The highest BCUT2D eigenvalue weighted by Crippen LogP contribution is 2.26. The fourth-order valence-corrected chi connectivity index (χ4v) is 3.40. The lowest BCUT2D eigenvalue weighted by Gasteiger charge is -2.24. The molecule has 5 heteroatoms. The lowest BCUT2D eigenvalue weighted by molar-refractivity contribution is -0.133. The van der Waals surface area contributed by atoms with Gasteiger partial charge in [-0.25, -0.2) is 0 Å². The predicted molar refractivity (Wildman–Crippen MR) is 96.9 cm³/mol. The van der Waals surface area contributed by atoms with Crippen LogP contribution in [0.2, 0.25) is 0 Å². The highest BCUT2D eigenvalue weighted by atomic mass is 16.2. The van der Waals surface area contributed by atoms with E-state index in [4.69, 9.17) is 0 Å². The minimum Gasteiger partial charge on any atom is -0.361 e. The summed E-state index contributed by atoms with van der Waals surface area (Å²) in [5.74, 6) is -0.101. The van der Waals surface area contributed by atoms with Gasteiger partial charge in [-0.15, -0.1) is 0 Å². The van der Waals surface area contributed by atoms with Gasteiger partial charge in [0.1, 0.15) is 6.04 Å². The molecule has 2 heterocycles. The molecule has 0 bridgehead atoms. The molecular formula is C20H19N3O2. The van der Waals surface area contributed by atoms with Gasteiger partial charge in [0, 0.05) is 35.8 Å². The largest absolute Gasteiger partial charge is 0.361 e. The summed E-state index contributed by atoms with van der Waals surface area (Å²) in [5, 5.41) is 4.00. The van der Waals surface area contributed by atoms with Crippen molar-refractivity contribution in [3.05, 3.63) is 66.4 Å². The molecule has 3 aromatic rings. The highest BCUT2D eigenvalue weighted by molar-refractivity contribution is 5.99. The number of anilines is 1. The molecule has 1 aliphatic heterocycles. The number of para-hydroxylation sites is 2. The molecule has 5 nitrogen and oxygen atoms in total. The first-order chi connectivity index (χ1) is 12.2. The summed E-state index contributed by atoms with van der Waals surface area (Å²) in [6.45, 7) is 0.440. The van der Waals surface area contributed by atoms with Gasteiger partial charge in [0.2, 0.25) is 11.8 Å². The standard InChI is InChI=1S/C20H19N3O2/c24-19-11-10-18(20(25)22-15-6-2-1-3-7-15)23(19)13-14-12-21-17-9-5-4-8-16(14)17/h1-9,12,18,21H,10-11,13H2,(H,22,25). The number of carbonyl (C=O) groups excluding carboxylic acids is 2. The summed E-state index contributed by atoms with van der Waals surface area (Å²) in [5.41, 5.74) is 2.82. The number of amides is 2. The second-order valence-electron chi connectivity index (χ2n) is 6.29. The van der Waals surface area contributed by atoms with E-state index < -0.39 is 6.04 Å². The van der Waals surface area contributed by atoms with Gasteiger partial charge in [-0.1, -0.05) is 36.4 Å². The molecule has 126 valence electrons. The van der Waals surface area contributed by atoms with Crippen LogP contribution in [0, 0.1) is 0 Å². The fraction of sp³-hybridized carbons (Fsp3) is 0.200. The molecule has 1 aliphatic rings. The molecule has 0 aliphatic carbocycles. The number of H-pyrrole nitrogens is 1. The Morgan fingerprint density at radius 3 is 2.72 bits per heavy atom. The van der Waals surface area contributed by atoms with E-state index in [2.05, 4.69) is 10.3 Å². The minimum atomic E-state index is -0.429. The van der Waals surface area contributed by atoms with E-state index in [-0.39, 0.29) is 11.8 Å². The van der Waals surface area contributed by atoms with Gasteiger partial charge in [0.05, 0.1) is 0 Å². The Morgan fingerprint density at radius 1 is 1.12 bits per heavy atom. The normalized spacial score (nSPS) is 17.2. The fourth-order valence-electron chi connectivity index (χ4n) is 3.40. The Balaban J connectivity index is 1.54. The lowest BCUT2D eigenvalue weighted by atomic mass is 10.1. The molecule has 1 unspecified atom stereocenters. The maximum Gasteiger partial charge on any atom is 0.247 e. The Morgan fingerprint density at radius 2 is 1.88 bits per heavy atom. The molecule has 25 heavy (non-hydrogen) atoms. The van der Waals surface area contributed by atoms with Gasteiger partial charge in [0.25, 0.3) is 0 Å². The maximum absolute atomic E-state index is 12.6. The second-order valence-corrected chi connectivity index (χ2v) is 6.29. The summed E-state index contributed by atoms with van der Waals surface area (Å²) < 4.78 is 0. The number of fused-ring (bicyclic) bond motifs is 1. The first-order valence-corrected chi connectivity index (χ1v) is 8.43.